The van der Waals surface area contributed by atoms with E-state index in [0.29, 0.717) is 23.8 Å². The minimum Gasteiger partial charge on any atom is -0.497 e. The molecule has 1 aliphatic rings. The number of hydrogen-bond donors (Lipinski definition) is 2. The quantitative estimate of drug-likeness (QED) is 0.899. The van der Waals surface area contributed by atoms with E-state index in [1.165, 1.54) is 0 Å². The Labute approximate surface area is 139 Å². The monoisotopic (exact) mass is 326 g/mol. The zero-order valence-electron chi connectivity index (χ0n) is 13.7. The van der Waals surface area contributed by atoms with Gasteiger partial charge in [-0.15, -0.1) is 5.10 Å². The van der Waals surface area contributed by atoms with Gasteiger partial charge >= 0.3 is 0 Å². The van der Waals surface area contributed by atoms with Crippen molar-refractivity contribution < 1.29 is 14.2 Å². The Hall–Kier alpha value is -3.01. The Morgan fingerprint density at radius 3 is 2.79 bits per heavy atom. The smallest absolute Gasteiger partial charge is 0.243 e. The molecule has 1 aromatic heterocycles. The normalized spacial score (nSPS) is 19.2. The Kier molecular flexibility index (Phi) is 4.13. The van der Waals surface area contributed by atoms with Crippen molar-refractivity contribution in [3.63, 3.8) is 0 Å². The molecular weight excluding hydrogens is 308 g/mol. The molecule has 0 radical (unpaired) electrons. The molecule has 0 bridgehead atoms. The van der Waals surface area contributed by atoms with Gasteiger partial charge in [-0.25, -0.2) is 0 Å². The van der Waals surface area contributed by atoms with Crippen LogP contribution in [0.2, 0.25) is 0 Å². The molecule has 2 unspecified atom stereocenters. The SMILES string of the molecule is CCc1[nH]nc2c1C(c1cc(OC)ccc1OC)C(C#N)C(=N)O2. The first-order chi connectivity index (χ1) is 11.6. The van der Waals surface area contributed by atoms with E-state index in [-0.39, 0.29) is 5.90 Å². The molecule has 7 nitrogen and oxygen atoms in total. The van der Waals surface area contributed by atoms with E-state index in [1.807, 2.05) is 13.0 Å². The number of ether oxygens (including phenoxy) is 3. The Balaban J connectivity index is 2.26. The fraction of sp³-hybridized carbons (Fsp3) is 0.353. The molecule has 0 spiro atoms. The molecule has 0 fully saturated rings. The first-order valence-corrected chi connectivity index (χ1v) is 7.59. The largest absolute Gasteiger partial charge is 0.497 e. The number of rotatable bonds is 4. The van der Waals surface area contributed by atoms with Crippen molar-refractivity contribution in [1.82, 2.24) is 10.2 Å². The lowest BCUT2D eigenvalue weighted by Gasteiger charge is -2.29. The van der Waals surface area contributed by atoms with E-state index in [4.69, 9.17) is 19.6 Å². The van der Waals surface area contributed by atoms with Crippen LogP contribution in [0.5, 0.6) is 17.4 Å². The highest BCUT2D eigenvalue weighted by molar-refractivity contribution is 5.85. The molecule has 0 aliphatic carbocycles. The molecule has 7 heteroatoms. The molecule has 0 saturated carbocycles. The molecule has 0 saturated heterocycles. The van der Waals surface area contributed by atoms with E-state index >= 15 is 0 Å². The highest BCUT2D eigenvalue weighted by Crippen LogP contribution is 2.46. The molecule has 0 amide bonds. The summed E-state index contributed by atoms with van der Waals surface area (Å²) in [5.41, 5.74) is 2.45. The summed E-state index contributed by atoms with van der Waals surface area (Å²) in [5, 5.41) is 24.8. The molecule has 2 heterocycles. The number of aromatic nitrogens is 2. The van der Waals surface area contributed by atoms with E-state index < -0.39 is 11.8 Å². The number of methoxy groups -OCH3 is 2. The van der Waals surface area contributed by atoms with Gasteiger partial charge in [0.1, 0.15) is 17.4 Å². The molecule has 1 aliphatic heterocycles. The second kappa shape index (κ2) is 6.24. The van der Waals surface area contributed by atoms with Crippen molar-refractivity contribution in [1.29, 1.82) is 10.7 Å². The number of fused-ring (bicyclic) bond motifs is 1. The summed E-state index contributed by atoms with van der Waals surface area (Å²) in [7, 11) is 3.16. The van der Waals surface area contributed by atoms with Gasteiger partial charge in [-0.3, -0.25) is 10.5 Å². The summed E-state index contributed by atoms with van der Waals surface area (Å²) in [6.45, 7) is 2.00. The molecule has 24 heavy (non-hydrogen) atoms. The van der Waals surface area contributed by atoms with Gasteiger partial charge in [0.2, 0.25) is 11.8 Å². The number of H-pyrrole nitrogens is 1. The summed E-state index contributed by atoms with van der Waals surface area (Å²) in [6.07, 6.45) is 0.708. The number of nitrogens with zero attached hydrogens (tertiary/aromatic N) is 2. The van der Waals surface area contributed by atoms with Gasteiger partial charge < -0.3 is 14.2 Å². The summed E-state index contributed by atoms with van der Waals surface area (Å²) < 4.78 is 16.3. The lowest BCUT2D eigenvalue weighted by molar-refractivity contribution is 0.388. The van der Waals surface area contributed by atoms with Crippen molar-refractivity contribution in [3.8, 4) is 23.4 Å². The maximum absolute atomic E-state index is 9.64. The fourth-order valence-electron chi connectivity index (χ4n) is 3.07. The zero-order chi connectivity index (χ0) is 17.3. The van der Waals surface area contributed by atoms with Crippen LogP contribution in [0.4, 0.5) is 0 Å². The van der Waals surface area contributed by atoms with Crippen molar-refractivity contribution >= 4 is 5.90 Å². The van der Waals surface area contributed by atoms with Gasteiger partial charge in [0, 0.05) is 22.7 Å². The van der Waals surface area contributed by atoms with Gasteiger partial charge in [0.15, 0.2) is 0 Å². The third-order valence-electron chi connectivity index (χ3n) is 4.25. The standard InChI is InChI=1S/C17H18N4O3/c1-4-12-15-14(10-7-9(22-2)5-6-13(10)23-3)11(8-18)16(19)24-17(15)21-20-12/h5-7,11,14,19H,4H2,1-3H3,(H,20,21). The lowest BCUT2D eigenvalue weighted by Crippen LogP contribution is -2.31. The maximum atomic E-state index is 9.64. The summed E-state index contributed by atoms with van der Waals surface area (Å²) in [5.74, 6) is 0.340. The molecule has 2 aromatic rings. The Bertz CT molecular complexity index is 822. The zero-order valence-corrected chi connectivity index (χ0v) is 13.7. The van der Waals surface area contributed by atoms with E-state index in [9.17, 15) is 5.26 Å². The summed E-state index contributed by atoms with van der Waals surface area (Å²) in [4.78, 5) is 0. The number of aromatic amines is 1. The minimum atomic E-state index is -0.763. The maximum Gasteiger partial charge on any atom is 0.243 e. The van der Waals surface area contributed by atoms with Crippen LogP contribution in [0.1, 0.15) is 29.7 Å². The topological polar surface area (TPSA) is 104 Å². The van der Waals surface area contributed by atoms with Crippen LogP contribution in [-0.4, -0.2) is 30.3 Å². The lowest BCUT2D eigenvalue weighted by atomic mass is 9.79. The minimum absolute atomic E-state index is 0.117. The van der Waals surface area contributed by atoms with E-state index in [0.717, 1.165) is 16.8 Å². The first-order valence-electron chi connectivity index (χ1n) is 7.59. The number of nitrogens with one attached hydrogen (secondary N) is 2. The van der Waals surface area contributed by atoms with Gasteiger partial charge in [-0.1, -0.05) is 6.92 Å². The average molecular weight is 326 g/mol. The number of benzene rings is 1. The van der Waals surface area contributed by atoms with Crippen LogP contribution >= 0.6 is 0 Å². The number of nitriles is 1. The first kappa shape index (κ1) is 15.9. The Morgan fingerprint density at radius 2 is 2.17 bits per heavy atom. The van der Waals surface area contributed by atoms with Gasteiger partial charge in [0.25, 0.3) is 0 Å². The third-order valence-corrected chi connectivity index (χ3v) is 4.25. The second-order valence-electron chi connectivity index (χ2n) is 5.43. The van der Waals surface area contributed by atoms with Gasteiger partial charge in [-0.2, -0.15) is 5.26 Å². The van der Waals surface area contributed by atoms with Crippen molar-refractivity contribution in [2.24, 2.45) is 5.92 Å². The predicted octanol–water partition coefficient (Wildman–Crippen LogP) is 2.63. The number of aryl methyl sites for hydroxylation is 1. The molecule has 124 valence electrons. The van der Waals surface area contributed by atoms with E-state index in [1.54, 1.807) is 26.4 Å². The Morgan fingerprint density at radius 1 is 1.38 bits per heavy atom. The summed E-state index contributed by atoms with van der Waals surface area (Å²) >= 11 is 0. The highest BCUT2D eigenvalue weighted by Gasteiger charge is 2.41. The summed E-state index contributed by atoms with van der Waals surface area (Å²) in [6, 6.07) is 7.62. The second-order valence-corrected chi connectivity index (χ2v) is 5.43. The van der Waals surface area contributed by atoms with E-state index in [2.05, 4.69) is 16.3 Å². The van der Waals surface area contributed by atoms with Crippen molar-refractivity contribution in [2.45, 2.75) is 19.3 Å². The molecule has 2 N–H and O–H groups in total. The van der Waals surface area contributed by atoms with Crippen LogP contribution in [0.3, 0.4) is 0 Å². The fourth-order valence-corrected chi connectivity index (χ4v) is 3.07. The average Bonchev–Trinajstić information content (AvgIpc) is 3.02. The van der Waals surface area contributed by atoms with Crippen LogP contribution < -0.4 is 14.2 Å². The molecule has 2 atom stereocenters. The number of hydrogen-bond acceptors (Lipinski definition) is 6. The van der Waals surface area contributed by atoms with Crippen molar-refractivity contribution in [2.75, 3.05) is 14.2 Å². The van der Waals surface area contributed by atoms with Crippen molar-refractivity contribution in [3.05, 3.63) is 35.0 Å². The van der Waals surface area contributed by atoms with Crippen LogP contribution in [0.25, 0.3) is 0 Å². The van der Waals surface area contributed by atoms with Crippen LogP contribution in [0.15, 0.2) is 18.2 Å². The van der Waals surface area contributed by atoms with Gasteiger partial charge in [0.05, 0.1) is 20.3 Å². The van der Waals surface area contributed by atoms with Crippen LogP contribution in [-0.2, 0) is 6.42 Å². The molecular formula is C17H18N4O3. The molecule has 3 rings (SSSR count). The molecule has 1 aromatic carbocycles. The third kappa shape index (κ3) is 2.36. The predicted molar refractivity (Wildman–Crippen MR) is 86.8 cm³/mol. The highest BCUT2D eigenvalue weighted by atomic mass is 16.5. The van der Waals surface area contributed by atoms with Gasteiger partial charge in [-0.05, 0) is 24.6 Å². The van der Waals surface area contributed by atoms with Crippen LogP contribution in [0, 0.1) is 22.7 Å².